The van der Waals surface area contributed by atoms with E-state index in [0.717, 1.165) is 56.6 Å². The van der Waals surface area contributed by atoms with Gasteiger partial charge in [0.1, 0.15) is 5.82 Å². The topological polar surface area (TPSA) is 71.2 Å². The van der Waals surface area contributed by atoms with Gasteiger partial charge in [-0.1, -0.05) is 5.16 Å². The molecule has 4 heterocycles. The van der Waals surface area contributed by atoms with E-state index < -0.39 is 0 Å². The SMILES string of the molecule is Cc1nc(C2CCCN(c3nccc(N4CCCC4)n3)C2)no1. The molecule has 0 amide bonds. The van der Waals surface area contributed by atoms with Gasteiger partial charge >= 0.3 is 0 Å². The van der Waals surface area contributed by atoms with Crippen LogP contribution in [-0.2, 0) is 0 Å². The molecule has 23 heavy (non-hydrogen) atoms. The molecular weight excluding hydrogens is 292 g/mol. The molecule has 0 bridgehead atoms. The molecule has 0 spiro atoms. The van der Waals surface area contributed by atoms with Crippen molar-refractivity contribution in [3.8, 4) is 0 Å². The molecule has 2 aliphatic rings. The number of piperidine rings is 1. The second kappa shape index (κ2) is 6.14. The van der Waals surface area contributed by atoms with Crippen molar-refractivity contribution >= 4 is 11.8 Å². The first-order valence-corrected chi connectivity index (χ1v) is 8.43. The van der Waals surface area contributed by atoms with E-state index in [9.17, 15) is 0 Å². The van der Waals surface area contributed by atoms with Crippen LogP contribution in [0.25, 0.3) is 0 Å². The minimum atomic E-state index is 0.292. The molecule has 1 unspecified atom stereocenters. The van der Waals surface area contributed by atoms with Gasteiger partial charge in [0.15, 0.2) is 5.82 Å². The van der Waals surface area contributed by atoms with Crippen molar-refractivity contribution in [3.63, 3.8) is 0 Å². The first-order valence-electron chi connectivity index (χ1n) is 8.43. The lowest BCUT2D eigenvalue weighted by Crippen LogP contribution is -2.36. The van der Waals surface area contributed by atoms with Crippen molar-refractivity contribution < 1.29 is 4.52 Å². The van der Waals surface area contributed by atoms with Crippen LogP contribution < -0.4 is 9.80 Å². The highest BCUT2D eigenvalue weighted by Gasteiger charge is 2.27. The molecule has 2 fully saturated rings. The lowest BCUT2D eigenvalue weighted by Gasteiger charge is -2.31. The lowest BCUT2D eigenvalue weighted by atomic mass is 9.98. The average Bonchev–Trinajstić information content (AvgIpc) is 3.27. The number of aromatic nitrogens is 4. The molecular formula is C16H22N6O. The first-order chi connectivity index (χ1) is 11.3. The Bertz CT molecular complexity index is 666. The maximum atomic E-state index is 5.13. The van der Waals surface area contributed by atoms with E-state index in [1.807, 2.05) is 19.2 Å². The Kier molecular flexibility index (Phi) is 3.85. The molecule has 7 heteroatoms. The fraction of sp³-hybridized carbons (Fsp3) is 0.625. The lowest BCUT2D eigenvalue weighted by molar-refractivity contribution is 0.376. The Labute approximate surface area is 135 Å². The van der Waals surface area contributed by atoms with Crippen molar-refractivity contribution in [1.29, 1.82) is 0 Å². The summed E-state index contributed by atoms with van der Waals surface area (Å²) in [5, 5.41) is 4.09. The van der Waals surface area contributed by atoms with Crippen LogP contribution in [0.5, 0.6) is 0 Å². The van der Waals surface area contributed by atoms with E-state index in [-0.39, 0.29) is 0 Å². The Morgan fingerprint density at radius 1 is 1.09 bits per heavy atom. The van der Waals surface area contributed by atoms with Crippen LogP contribution in [0.4, 0.5) is 11.8 Å². The largest absolute Gasteiger partial charge is 0.356 e. The van der Waals surface area contributed by atoms with Crippen LogP contribution >= 0.6 is 0 Å². The maximum Gasteiger partial charge on any atom is 0.227 e. The van der Waals surface area contributed by atoms with Crippen LogP contribution in [0.3, 0.4) is 0 Å². The second-order valence-electron chi connectivity index (χ2n) is 6.37. The Morgan fingerprint density at radius 3 is 2.70 bits per heavy atom. The van der Waals surface area contributed by atoms with Gasteiger partial charge in [-0.05, 0) is 31.7 Å². The molecule has 2 aromatic rings. The summed E-state index contributed by atoms with van der Waals surface area (Å²) in [5.74, 6) is 3.59. The highest BCUT2D eigenvalue weighted by Crippen LogP contribution is 2.28. The first kappa shape index (κ1) is 14.4. The minimum absolute atomic E-state index is 0.292. The molecule has 0 saturated carbocycles. The normalized spacial score (nSPS) is 21.9. The van der Waals surface area contributed by atoms with Gasteiger partial charge < -0.3 is 14.3 Å². The van der Waals surface area contributed by atoms with Crippen LogP contribution in [0.2, 0.25) is 0 Å². The summed E-state index contributed by atoms with van der Waals surface area (Å²) in [6.45, 7) is 5.86. The van der Waals surface area contributed by atoms with E-state index in [0.29, 0.717) is 11.8 Å². The molecule has 4 rings (SSSR count). The number of hydrogen-bond acceptors (Lipinski definition) is 7. The third-order valence-electron chi connectivity index (χ3n) is 4.67. The number of rotatable bonds is 3. The third-order valence-corrected chi connectivity index (χ3v) is 4.67. The number of aryl methyl sites for hydroxylation is 1. The zero-order valence-corrected chi connectivity index (χ0v) is 13.5. The van der Waals surface area contributed by atoms with Crippen LogP contribution in [-0.4, -0.2) is 46.3 Å². The van der Waals surface area contributed by atoms with Crippen molar-refractivity contribution in [2.24, 2.45) is 0 Å². The standard InChI is InChI=1S/C16H22N6O/c1-12-18-15(20-23-12)13-5-4-10-22(11-13)16-17-7-6-14(19-16)21-8-2-3-9-21/h6-7,13H,2-5,8-11H2,1H3. The smallest absolute Gasteiger partial charge is 0.227 e. The van der Waals surface area contributed by atoms with Gasteiger partial charge in [0.05, 0.1) is 0 Å². The molecule has 122 valence electrons. The monoisotopic (exact) mass is 314 g/mol. The van der Waals surface area contributed by atoms with E-state index >= 15 is 0 Å². The molecule has 0 N–H and O–H groups in total. The molecule has 0 radical (unpaired) electrons. The molecule has 2 saturated heterocycles. The van der Waals surface area contributed by atoms with Crippen LogP contribution in [0.1, 0.15) is 43.3 Å². The van der Waals surface area contributed by atoms with E-state index in [1.165, 1.54) is 12.8 Å². The van der Waals surface area contributed by atoms with Crippen molar-refractivity contribution in [2.75, 3.05) is 36.0 Å². The zero-order valence-electron chi connectivity index (χ0n) is 13.5. The molecule has 0 aliphatic carbocycles. The highest BCUT2D eigenvalue weighted by atomic mass is 16.5. The van der Waals surface area contributed by atoms with Gasteiger partial charge in [0.2, 0.25) is 11.8 Å². The third kappa shape index (κ3) is 3.00. The molecule has 1 atom stereocenters. The summed E-state index contributed by atoms with van der Waals surface area (Å²) in [4.78, 5) is 18.3. The summed E-state index contributed by atoms with van der Waals surface area (Å²) < 4.78 is 5.13. The fourth-order valence-corrected chi connectivity index (χ4v) is 3.46. The molecule has 7 nitrogen and oxygen atoms in total. The van der Waals surface area contributed by atoms with Crippen LogP contribution in [0.15, 0.2) is 16.8 Å². The van der Waals surface area contributed by atoms with E-state index in [2.05, 4.69) is 24.9 Å². The molecule has 2 aromatic heterocycles. The van der Waals surface area contributed by atoms with Gasteiger partial charge in [0, 0.05) is 45.2 Å². The van der Waals surface area contributed by atoms with Crippen LogP contribution in [0, 0.1) is 6.92 Å². The highest BCUT2D eigenvalue weighted by molar-refractivity contribution is 5.44. The molecule has 2 aliphatic heterocycles. The zero-order chi connectivity index (χ0) is 15.6. The number of nitrogens with zero attached hydrogens (tertiary/aromatic N) is 6. The summed E-state index contributed by atoms with van der Waals surface area (Å²) in [7, 11) is 0. The van der Waals surface area contributed by atoms with Crippen molar-refractivity contribution in [1.82, 2.24) is 20.1 Å². The predicted molar refractivity (Wildman–Crippen MR) is 86.7 cm³/mol. The summed E-state index contributed by atoms with van der Waals surface area (Å²) >= 11 is 0. The molecule has 0 aromatic carbocycles. The maximum absolute atomic E-state index is 5.13. The van der Waals surface area contributed by atoms with Crippen molar-refractivity contribution in [3.05, 3.63) is 24.0 Å². The van der Waals surface area contributed by atoms with E-state index in [4.69, 9.17) is 9.51 Å². The fourth-order valence-electron chi connectivity index (χ4n) is 3.46. The quantitative estimate of drug-likeness (QED) is 0.859. The summed E-state index contributed by atoms with van der Waals surface area (Å²) in [5.41, 5.74) is 0. The Hall–Kier alpha value is -2.18. The summed E-state index contributed by atoms with van der Waals surface area (Å²) in [6.07, 6.45) is 6.56. The minimum Gasteiger partial charge on any atom is -0.356 e. The Balaban J connectivity index is 1.52. The van der Waals surface area contributed by atoms with Gasteiger partial charge in [0.25, 0.3) is 0 Å². The van der Waals surface area contributed by atoms with Gasteiger partial charge in [-0.3, -0.25) is 0 Å². The Morgan fingerprint density at radius 2 is 1.91 bits per heavy atom. The summed E-state index contributed by atoms with van der Waals surface area (Å²) in [6, 6.07) is 2.01. The van der Waals surface area contributed by atoms with Gasteiger partial charge in [-0.15, -0.1) is 0 Å². The number of hydrogen-bond donors (Lipinski definition) is 0. The number of anilines is 2. The average molecular weight is 314 g/mol. The van der Waals surface area contributed by atoms with Gasteiger partial charge in [-0.2, -0.15) is 9.97 Å². The second-order valence-corrected chi connectivity index (χ2v) is 6.37. The van der Waals surface area contributed by atoms with E-state index in [1.54, 1.807) is 0 Å². The van der Waals surface area contributed by atoms with Gasteiger partial charge in [-0.25, -0.2) is 4.98 Å². The van der Waals surface area contributed by atoms with Crippen molar-refractivity contribution in [2.45, 2.75) is 38.5 Å². The predicted octanol–water partition coefficient (Wildman–Crippen LogP) is 2.15.